The van der Waals surface area contributed by atoms with E-state index in [0.29, 0.717) is 6.61 Å². The van der Waals surface area contributed by atoms with Crippen LogP contribution in [-0.4, -0.2) is 82.2 Å². The zero-order valence-corrected chi connectivity index (χ0v) is 42.6. The lowest BCUT2D eigenvalue weighted by Gasteiger charge is -2.25. The number of nitrogens with zero attached hydrogens (tertiary/aromatic N) is 3. The van der Waals surface area contributed by atoms with Crippen LogP contribution in [0.15, 0.2) is 224 Å². The first-order valence-electron chi connectivity index (χ1n) is 25.8. The molecule has 0 bridgehead atoms. The predicted molar refractivity (Wildman–Crippen MR) is 313 cm³/mol. The Morgan fingerprint density at radius 1 is 0.288 bits per heavy atom. The summed E-state index contributed by atoms with van der Waals surface area (Å²) in [6.07, 6.45) is 0.921. The van der Waals surface area contributed by atoms with Crippen LogP contribution in [0.4, 0.5) is 0 Å². The third-order valence-corrected chi connectivity index (χ3v) is 14.5. The van der Waals surface area contributed by atoms with Crippen LogP contribution in [-0.2, 0) is 0 Å². The second kappa shape index (κ2) is 21.5. The van der Waals surface area contributed by atoms with Crippen LogP contribution in [0.5, 0.6) is 5.75 Å². The van der Waals surface area contributed by atoms with Gasteiger partial charge in [0.15, 0.2) is 0 Å². The average molecular weight is 950 g/mol. The molecule has 360 valence electrons. The van der Waals surface area contributed by atoms with Gasteiger partial charge in [-0.05, 0) is 199 Å². The van der Waals surface area contributed by atoms with Crippen LogP contribution >= 0.6 is 0 Å². The van der Waals surface area contributed by atoms with Crippen LogP contribution in [0.1, 0.15) is 6.42 Å². The number of likely N-dealkylation sites (N-methyl/N-ethyl adjacent to an activating group) is 2. The zero-order valence-electron chi connectivity index (χ0n) is 42.6. The van der Waals surface area contributed by atoms with Crippen molar-refractivity contribution < 1.29 is 4.74 Å². The van der Waals surface area contributed by atoms with E-state index in [1.807, 2.05) is 0 Å². The summed E-state index contributed by atoms with van der Waals surface area (Å²) in [4.78, 5) is 7.12. The Kier molecular flexibility index (Phi) is 14.0. The van der Waals surface area contributed by atoms with Crippen LogP contribution in [0.25, 0.3) is 110 Å². The van der Waals surface area contributed by atoms with E-state index < -0.39 is 0 Å². The Labute approximate surface area is 431 Å². The first kappa shape index (κ1) is 47.5. The van der Waals surface area contributed by atoms with Crippen molar-refractivity contribution >= 4 is 43.1 Å². The van der Waals surface area contributed by atoms with Gasteiger partial charge in [-0.1, -0.05) is 170 Å². The fraction of sp³-hybridized carbons (Fsp3) is 0.159. The van der Waals surface area contributed by atoms with Gasteiger partial charge >= 0.3 is 0 Å². The molecule has 4 nitrogen and oxygen atoms in total. The SMILES string of the molecule is CN(C)CCN(CCCOc1cc(-c2cc(-c3cccc4ccccc34)cc(-c3cccc4ccccc34)c2)cc(-c2cc(-c3cccc4ccccc34)cc(-c3cccc4ccccc34)c2)c1)CCN(C)C. The van der Waals surface area contributed by atoms with Crippen molar-refractivity contribution in [2.24, 2.45) is 0 Å². The lowest BCUT2D eigenvalue weighted by atomic mass is 9.88. The van der Waals surface area contributed by atoms with E-state index in [4.69, 9.17) is 4.74 Å². The minimum atomic E-state index is 0.609. The van der Waals surface area contributed by atoms with Crippen molar-refractivity contribution in [3.63, 3.8) is 0 Å². The molecule has 0 fully saturated rings. The van der Waals surface area contributed by atoms with Crippen molar-refractivity contribution in [1.82, 2.24) is 14.7 Å². The Bertz CT molecular complexity index is 3290. The lowest BCUT2D eigenvalue weighted by Crippen LogP contribution is -2.37. The Morgan fingerprint density at radius 2 is 0.575 bits per heavy atom. The maximum absolute atomic E-state index is 6.97. The highest BCUT2D eigenvalue weighted by Gasteiger charge is 2.17. The first-order valence-corrected chi connectivity index (χ1v) is 25.8. The van der Waals surface area contributed by atoms with E-state index in [1.54, 1.807) is 0 Å². The zero-order chi connectivity index (χ0) is 49.7. The van der Waals surface area contributed by atoms with Crippen molar-refractivity contribution in [2.75, 3.05) is 67.5 Å². The maximum atomic E-state index is 6.97. The summed E-state index contributed by atoms with van der Waals surface area (Å²) in [5.74, 6) is 0.866. The minimum Gasteiger partial charge on any atom is -0.494 e. The largest absolute Gasteiger partial charge is 0.494 e. The van der Waals surface area contributed by atoms with Crippen LogP contribution < -0.4 is 4.74 Å². The second-order valence-electron chi connectivity index (χ2n) is 20.1. The van der Waals surface area contributed by atoms with Gasteiger partial charge in [-0.2, -0.15) is 0 Å². The summed E-state index contributed by atoms with van der Waals surface area (Å²) < 4.78 is 6.97. The summed E-state index contributed by atoms with van der Waals surface area (Å²) >= 11 is 0. The third kappa shape index (κ3) is 10.6. The molecule has 0 aliphatic carbocycles. The topological polar surface area (TPSA) is 19.0 Å². The number of hydrogen-bond acceptors (Lipinski definition) is 4. The molecule has 0 saturated carbocycles. The monoisotopic (exact) mass is 949 g/mol. The molecule has 0 N–H and O–H groups in total. The molecule has 0 saturated heterocycles. The number of hydrogen-bond donors (Lipinski definition) is 0. The van der Waals surface area contributed by atoms with Gasteiger partial charge in [0.1, 0.15) is 5.75 Å². The normalized spacial score (nSPS) is 11.8. The molecular weight excluding hydrogens is 887 g/mol. The molecule has 0 spiro atoms. The van der Waals surface area contributed by atoms with E-state index in [2.05, 4.69) is 267 Å². The van der Waals surface area contributed by atoms with Gasteiger partial charge in [-0.3, -0.25) is 0 Å². The standard InChI is InChI=1S/C69H63N3O/c1-70(2)35-37-72(38-36-71(3)4)34-17-39-73-61-47-55(53-41-57(66-30-13-22-49-18-5-9-26-62(49)66)45-58(42-53)67-31-14-23-50-19-6-10-27-63(50)67)40-56(48-61)54-43-59(68-32-15-24-51-20-7-11-28-64(51)68)46-60(44-54)69-33-16-25-52-21-8-12-29-65(52)69/h5-16,18-33,40-48H,17,34-39H2,1-4H3. The average Bonchev–Trinajstić information content (AvgIpc) is 3.43. The third-order valence-electron chi connectivity index (χ3n) is 14.5. The van der Waals surface area contributed by atoms with E-state index in [0.717, 1.165) is 67.1 Å². The van der Waals surface area contributed by atoms with Gasteiger partial charge in [0, 0.05) is 32.7 Å². The molecule has 0 radical (unpaired) electrons. The number of fused-ring (bicyclic) bond motifs is 4. The molecule has 11 rings (SSSR count). The quantitative estimate of drug-likeness (QED) is 0.0847. The molecule has 0 heterocycles. The molecule has 4 heteroatoms. The molecule has 11 aromatic carbocycles. The van der Waals surface area contributed by atoms with Crippen molar-refractivity contribution in [3.8, 4) is 72.5 Å². The molecule has 0 unspecified atom stereocenters. The molecule has 73 heavy (non-hydrogen) atoms. The molecule has 0 aromatic heterocycles. The van der Waals surface area contributed by atoms with Crippen molar-refractivity contribution in [1.29, 1.82) is 0 Å². The van der Waals surface area contributed by atoms with Gasteiger partial charge in [0.2, 0.25) is 0 Å². The fourth-order valence-corrected chi connectivity index (χ4v) is 10.6. The van der Waals surface area contributed by atoms with Gasteiger partial charge in [0.05, 0.1) is 6.61 Å². The highest BCUT2D eigenvalue weighted by Crippen LogP contribution is 2.43. The second-order valence-corrected chi connectivity index (χ2v) is 20.1. The highest BCUT2D eigenvalue weighted by molar-refractivity contribution is 6.03. The fourth-order valence-electron chi connectivity index (χ4n) is 10.6. The lowest BCUT2D eigenvalue weighted by molar-refractivity contribution is 0.200. The summed E-state index contributed by atoms with van der Waals surface area (Å²) in [7, 11) is 8.62. The smallest absolute Gasteiger partial charge is 0.120 e. The van der Waals surface area contributed by atoms with E-state index in [9.17, 15) is 0 Å². The van der Waals surface area contributed by atoms with Crippen LogP contribution in [0, 0.1) is 0 Å². The van der Waals surface area contributed by atoms with Crippen LogP contribution in [0.2, 0.25) is 0 Å². The molecular formula is C69H63N3O. The Balaban J connectivity index is 1.09. The summed E-state index contributed by atoms with van der Waals surface area (Å²) in [6.45, 7) is 5.68. The molecule has 0 amide bonds. The van der Waals surface area contributed by atoms with Gasteiger partial charge in [-0.25, -0.2) is 0 Å². The first-order chi connectivity index (χ1) is 35.8. The van der Waals surface area contributed by atoms with Crippen molar-refractivity contribution in [2.45, 2.75) is 6.42 Å². The Hall–Kier alpha value is -7.86. The summed E-state index contributed by atoms with van der Waals surface area (Å²) in [5, 5.41) is 9.85. The molecule has 0 aliphatic heterocycles. The van der Waals surface area contributed by atoms with E-state index >= 15 is 0 Å². The maximum Gasteiger partial charge on any atom is 0.120 e. The molecule has 0 aliphatic rings. The summed E-state index contributed by atoms with van der Waals surface area (Å²) in [6, 6.07) is 82.9. The number of ether oxygens (including phenoxy) is 1. The molecule has 11 aromatic rings. The van der Waals surface area contributed by atoms with Gasteiger partial charge in [-0.15, -0.1) is 0 Å². The van der Waals surface area contributed by atoms with E-state index in [1.165, 1.54) is 87.6 Å². The highest BCUT2D eigenvalue weighted by atomic mass is 16.5. The van der Waals surface area contributed by atoms with Crippen LogP contribution in [0.3, 0.4) is 0 Å². The van der Waals surface area contributed by atoms with Crippen molar-refractivity contribution in [3.05, 3.63) is 224 Å². The van der Waals surface area contributed by atoms with Gasteiger partial charge in [0.25, 0.3) is 0 Å². The summed E-state index contributed by atoms with van der Waals surface area (Å²) in [5.41, 5.74) is 14.1. The minimum absolute atomic E-state index is 0.609. The van der Waals surface area contributed by atoms with E-state index in [-0.39, 0.29) is 0 Å². The predicted octanol–water partition coefficient (Wildman–Crippen LogP) is 16.5. The number of benzene rings is 11. The Morgan fingerprint density at radius 3 is 0.918 bits per heavy atom. The number of rotatable bonds is 17. The molecule has 0 atom stereocenters. The van der Waals surface area contributed by atoms with Gasteiger partial charge < -0.3 is 19.4 Å².